The summed E-state index contributed by atoms with van der Waals surface area (Å²) in [5, 5.41) is 2.73. The molecule has 0 unspecified atom stereocenters. The molecule has 0 saturated heterocycles. The van der Waals surface area contributed by atoms with Crippen molar-refractivity contribution in [2.75, 3.05) is 0 Å². The largest absolute Gasteiger partial charge is 0.0616 e. The SMILES string of the molecule is CC1(C)c2cc3ccccc3cc21. The molecular weight excluding hydrogens is 156 g/mol. The van der Waals surface area contributed by atoms with Crippen molar-refractivity contribution in [3.63, 3.8) is 0 Å². The fourth-order valence-electron chi connectivity index (χ4n) is 2.13. The summed E-state index contributed by atoms with van der Waals surface area (Å²) in [5.74, 6) is 0. The maximum Gasteiger partial charge on any atom is 0.0153 e. The van der Waals surface area contributed by atoms with Crippen LogP contribution in [0.4, 0.5) is 0 Å². The molecule has 3 rings (SSSR count). The van der Waals surface area contributed by atoms with Gasteiger partial charge in [-0.05, 0) is 34.0 Å². The maximum absolute atomic E-state index is 2.32. The second-order valence-corrected chi connectivity index (χ2v) is 4.37. The van der Waals surface area contributed by atoms with Crippen LogP contribution < -0.4 is 0 Å². The zero-order valence-electron chi connectivity index (χ0n) is 7.96. The van der Waals surface area contributed by atoms with Crippen molar-refractivity contribution < 1.29 is 0 Å². The lowest BCUT2D eigenvalue weighted by molar-refractivity contribution is 0.793. The fourth-order valence-corrected chi connectivity index (χ4v) is 2.13. The Labute approximate surface area is 78.2 Å². The van der Waals surface area contributed by atoms with Crippen molar-refractivity contribution in [1.29, 1.82) is 0 Å². The van der Waals surface area contributed by atoms with Crippen molar-refractivity contribution in [3.05, 3.63) is 47.5 Å². The van der Waals surface area contributed by atoms with Gasteiger partial charge in [0.15, 0.2) is 0 Å². The van der Waals surface area contributed by atoms with Crippen LogP contribution in [-0.4, -0.2) is 0 Å². The van der Waals surface area contributed by atoms with Crippen LogP contribution in [0.1, 0.15) is 25.0 Å². The smallest absolute Gasteiger partial charge is 0.0153 e. The minimum atomic E-state index is 0.346. The first-order valence-electron chi connectivity index (χ1n) is 4.73. The third-order valence-electron chi connectivity index (χ3n) is 3.17. The highest BCUT2D eigenvalue weighted by molar-refractivity contribution is 5.88. The van der Waals surface area contributed by atoms with E-state index in [0.29, 0.717) is 5.41 Å². The topological polar surface area (TPSA) is 0 Å². The van der Waals surface area contributed by atoms with Crippen LogP contribution in [0.2, 0.25) is 0 Å². The molecule has 0 N–H and O–H groups in total. The van der Waals surface area contributed by atoms with Gasteiger partial charge in [-0.1, -0.05) is 38.1 Å². The zero-order chi connectivity index (χ0) is 9.05. The van der Waals surface area contributed by atoms with Gasteiger partial charge in [-0.3, -0.25) is 0 Å². The van der Waals surface area contributed by atoms with Crippen molar-refractivity contribution in [3.8, 4) is 0 Å². The summed E-state index contributed by atoms with van der Waals surface area (Å²) in [6.07, 6.45) is 0. The lowest BCUT2D eigenvalue weighted by atomic mass is 10.1. The van der Waals surface area contributed by atoms with E-state index in [-0.39, 0.29) is 0 Å². The molecule has 2 aromatic carbocycles. The quantitative estimate of drug-likeness (QED) is 0.565. The predicted octanol–water partition coefficient (Wildman–Crippen LogP) is 3.48. The summed E-state index contributed by atoms with van der Waals surface area (Å²) in [4.78, 5) is 0. The Hall–Kier alpha value is -1.30. The summed E-state index contributed by atoms with van der Waals surface area (Å²) >= 11 is 0. The molecule has 0 amide bonds. The summed E-state index contributed by atoms with van der Waals surface area (Å²) in [5.41, 5.74) is 3.39. The third kappa shape index (κ3) is 0.806. The third-order valence-corrected chi connectivity index (χ3v) is 3.17. The van der Waals surface area contributed by atoms with Crippen molar-refractivity contribution in [1.82, 2.24) is 0 Å². The minimum Gasteiger partial charge on any atom is -0.0616 e. The van der Waals surface area contributed by atoms with Gasteiger partial charge in [0.25, 0.3) is 0 Å². The molecule has 0 aliphatic heterocycles. The van der Waals surface area contributed by atoms with Crippen LogP contribution in [0.15, 0.2) is 36.4 Å². The van der Waals surface area contributed by atoms with Gasteiger partial charge in [-0.25, -0.2) is 0 Å². The molecule has 0 radical (unpaired) electrons. The Balaban J connectivity index is 2.37. The van der Waals surface area contributed by atoms with E-state index in [1.54, 1.807) is 0 Å². The highest BCUT2D eigenvalue weighted by atomic mass is 14.4. The number of rotatable bonds is 0. The van der Waals surface area contributed by atoms with Gasteiger partial charge in [0, 0.05) is 5.41 Å². The summed E-state index contributed by atoms with van der Waals surface area (Å²) in [6, 6.07) is 13.2. The number of fused-ring (bicyclic) bond motifs is 2. The minimum absolute atomic E-state index is 0.346. The van der Waals surface area contributed by atoms with E-state index in [4.69, 9.17) is 0 Å². The monoisotopic (exact) mass is 168 g/mol. The van der Waals surface area contributed by atoms with Gasteiger partial charge in [0.05, 0.1) is 0 Å². The molecule has 0 bridgehead atoms. The van der Waals surface area contributed by atoms with Crippen LogP contribution in [0.25, 0.3) is 10.8 Å². The van der Waals surface area contributed by atoms with Gasteiger partial charge in [-0.15, -0.1) is 0 Å². The van der Waals surface area contributed by atoms with Gasteiger partial charge in [0.1, 0.15) is 0 Å². The average molecular weight is 168 g/mol. The number of hydrogen-bond acceptors (Lipinski definition) is 0. The van der Waals surface area contributed by atoms with Crippen LogP contribution in [0, 0.1) is 0 Å². The highest BCUT2D eigenvalue weighted by Crippen LogP contribution is 2.50. The second-order valence-electron chi connectivity index (χ2n) is 4.37. The lowest BCUT2D eigenvalue weighted by Gasteiger charge is -1.92. The Morgan fingerprint density at radius 1 is 0.846 bits per heavy atom. The Morgan fingerprint density at radius 2 is 1.31 bits per heavy atom. The van der Waals surface area contributed by atoms with Gasteiger partial charge in [-0.2, -0.15) is 0 Å². The molecule has 0 spiro atoms. The van der Waals surface area contributed by atoms with Crippen molar-refractivity contribution in [2.24, 2.45) is 0 Å². The molecule has 0 aromatic heterocycles. The van der Waals surface area contributed by atoms with Crippen LogP contribution >= 0.6 is 0 Å². The molecule has 0 fully saturated rings. The molecule has 1 aliphatic rings. The van der Waals surface area contributed by atoms with Gasteiger partial charge in [0.2, 0.25) is 0 Å². The first-order valence-corrected chi connectivity index (χ1v) is 4.73. The van der Waals surface area contributed by atoms with E-state index in [9.17, 15) is 0 Å². The molecular formula is C13H12. The number of hydrogen-bond donors (Lipinski definition) is 0. The van der Waals surface area contributed by atoms with E-state index in [0.717, 1.165) is 0 Å². The van der Waals surface area contributed by atoms with Crippen LogP contribution in [0.5, 0.6) is 0 Å². The van der Waals surface area contributed by atoms with Crippen molar-refractivity contribution >= 4 is 10.8 Å². The average Bonchev–Trinajstić information content (AvgIpc) is 2.66. The first kappa shape index (κ1) is 7.14. The molecule has 0 nitrogen and oxygen atoms in total. The fraction of sp³-hybridized carbons (Fsp3) is 0.231. The maximum atomic E-state index is 2.32. The molecule has 64 valence electrons. The summed E-state index contributed by atoms with van der Waals surface area (Å²) in [7, 11) is 0. The molecule has 0 heterocycles. The summed E-state index contributed by atoms with van der Waals surface area (Å²) in [6.45, 7) is 4.58. The normalized spacial score (nSPS) is 17.1. The van der Waals surface area contributed by atoms with Crippen LogP contribution in [0.3, 0.4) is 0 Å². The van der Waals surface area contributed by atoms with Gasteiger partial charge >= 0.3 is 0 Å². The standard InChI is InChI=1S/C13H12/c1-13(2)11-7-9-5-3-4-6-10(9)8-12(11)13/h3-8H,1-2H3. The zero-order valence-corrected chi connectivity index (χ0v) is 7.96. The van der Waals surface area contributed by atoms with Crippen molar-refractivity contribution in [2.45, 2.75) is 19.3 Å². The Morgan fingerprint density at radius 3 is 1.77 bits per heavy atom. The van der Waals surface area contributed by atoms with E-state index in [2.05, 4.69) is 50.2 Å². The molecule has 13 heavy (non-hydrogen) atoms. The molecule has 0 heteroatoms. The highest BCUT2D eigenvalue weighted by Gasteiger charge is 2.41. The van der Waals surface area contributed by atoms with Crippen LogP contribution in [-0.2, 0) is 5.41 Å². The van der Waals surface area contributed by atoms with Gasteiger partial charge < -0.3 is 0 Å². The van der Waals surface area contributed by atoms with E-state index < -0.39 is 0 Å². The van der Waals surface area contributed by atoms with E-state index in [1.807, 2.05) is 0 Å². The molecule has 0 atom stereocenters. The number of benzene rings is 2. The Kier molecular flexibility index (Phi) is 1.07. The first-order chi connectivity index (χ1) is 6.19. The van der Waals surface area contributed by atoms with E-state index >= 15 is 0 Å². The van der Waals surface area contributed by atoms with E-state index in [1.165, 1.54) is 21.9 Å². The predicted molar refractivity (Wildman–Crippen MR) is 56.1 cm³/mol. The Bertz CT molecular complexity index is 448. The molecule has 1 aliphatic carbocycles. The summed E-state index contributed by atoms with van der Waals surface area (Å²) < 4.78 is 0. The lowest BCUT2D eigenvalue weighted by Crippen LogP contribution is -1.89. The molecule has 0 saturated carbocycles. The molecule has 2 aromatic rings. The second kappa shape index (κ2) is 1.95.